The third-order valence-corrected chi connectivity index (χ3v) is 5.76. The molecule has 7 heteroatoms. The smallest absolute Gasteiger partial charge is 0.261 e. The van der Waals surface area contributed by atoms with Gasteiger partial charge >= 0.3 is 0 Å². The first-order valence-corrected chi connectivity index (χ1v) is 10.7. The van der Waals surface area contributed by atoms with Crippen LogP contribution in [-0.4, -0.2) is 40.6 Å². The van der Waals surface area contributed by atoms with Crippen molar-refractivity contribution in [3.63, 3.8) is 0 Å². The Balaban J connectivity index is 2.17. The van der Waals surface area contributed by atoms with Crippen LogP contribution in [0.25, 0.3) is 10.9 Å². The van der Waals surface area contributed by atoms with E-state index in [1.54, 1.807) is 6.07 Å². The Morgan fingerprint density at radius 1 is 1.26 bits per heavy atom. The van der Waals surface area contributed by atoms with E-state index in [2.05, 4.69) is 40.0 Å². The molecule has 1 aliphatic heterocycles. The Morgan fingerprint density at radius 2 is 2.07 bits per heavy atom. The Labute approximate surface area is 168 Å². The summed E-state index contributed by atoms with van der Waals surface area (Å²) in [7, 11) is 0. The molecule has 0 aliphatic carbocycles. The zero-order valence-corrected chi connectivity index (χ0v) is 17.7. The van der Waals surface area contributed by atoms with Gasteiger partial charge in [-0.3, -0.25) is 14.3 Å². The largest absolute Gasteiger partial charge is 0.315 e. The van der Waals surface area contributed by atoms with Crippen molar-refractivity contribution in [2.24, 2.45) is 0 Å². The Morgan fingerprint density at radius 3 is 2.81 bits per heavy atom. The first-order valence-electron chi connectivity index (χ1n) is 9.91. The van der Waals surface area contributed by atoms with Crippen molar-refractivity contribution in [2.45, 2.75) is 52.1 Å². The maximum Gasteiger partial charge on any atom is 0.261 e. The number of fused-ring (bicyclic) bond motifs is 1. The molecule has 2 aromatic rings. The maximum absolute atomic E-state index is 14.1. The summed E-state index contributed by atoms with van der Waals surface area (Å²) in [4.78, 5) is 20.5. The van der Waals surface area contributed by atoms with Crippen LogP contribution in [0.2, 0.25) is 0 Å². The van der Waals surface area contributed by atoms with Gasteiger partial charge in [0.25, 0.3) is 5.56 Å². The summed E-state index contributed by atoms with van der Waals surface area (Å²) in [5, 5.41) is 3.90. The van der Waals surface area contributed by atoms with E-state index in [0.29, 0.717) is 21.9 Å². The van der Waals surface area contributed by atoms with Gasteiger partial charge in [0.15, 0.2) is 0 Å². The number of rotatable bonds is 6. The fourth-order valence-electron chi connectivity index (χ4n) is 3.85. The maximum atomic E-state index is 14.1. The van der Waals surface area contributed by atoms with Crippen LogP contribution in [0, 0.1) is 5.82 Å². The molecule has 0 bridgehead atoms. The molecule has 0 spiro atoms. The SMILES string of the molecule is CCCC(c1nc2cc(F)c(Br)cc2c(=O)n1CCC)N1CCCNCC1. The number of nitrogens with one attached hydrogen (secondary N) is 1. The molecule has 0 radical (unpaired) electrons. The fraction of sp³-hybridized carbons (Fsp3) is 0.600. The zero-order chi connectivity index (χ0) is 19.4. The third-order valence-electron chi connectivity index (χ3n) is 5.15. The average molecular weight is 439 g/mol. The van der Waals surface area contributed by atoms with E-state index in [1.807, 2.05) is 4.57 Å². The fourth-order valence-corrected chi connectivity index (χ4v) is 4.20. The second kappa shape index (κ2) is 9.26. The van der Waals surface area contributed by atoms with Gasteiger partial charge in [0, 0.05) is 32.2 Å². The minimum absolute atomic E-state index is 0.0743. The van der Waals surface area contributed by atoms with Crippen LogP contribution in [0.15, 0.2) is 21.4 Å². The highest BCUT2D eigenvalue weighted by atomic mass is 79.9. The molecule has 0 amide bonds. The molecule has 148 valence electrons. The Kier molecular flexibility index (Phi) is 7.00. The van der Waals surface area contributed by atoms with Gasteiger partial charge in [-0.05, 0) is 47.8 Å². The van der Waals surface area contributed by atoms with Crippen molar-refractivity contribution in [2.75, 3.05) is 26.2 Å². The van der Waals surface area contributed by atoms with Gasteiger partial charge in [-0.1, -0.05) is 20.3 Å². The second-order valence-corrected chi connectivity index (χ2v) is 8.01. The molecule has 1 unspecified atom stereocenters. The molecule has 5 nitrogen and oxygen atoms in total. The predicted octanol–water partition coefficient (Wildman–Crippen LogP) is 3.84. The van der Waals surface area contributed by atoms with Gasteiger partial charge in [-0.2, -0.15) is 0 Å². The molecular weight excluding hydrogens is 411 g/mol. The molecule has 1 aliphatic rings. The van der Waals surface area contributed by atoms with Gasteiger partial charge in [-0.25, -0.2) is 9.37 Å². The molecule has 27 heavy (non-hydrogen) atoms. The molecule has 3 rings (SSSR count). The van der Waals surface area contributed by atoms with Crippen LogP contribution in [0.4, 0.5) is 4.39 Å². The van der Waals surface area contributed by atoms with E-state index in [0.717, 1.165) is 57.7 Å². The number of benzene rings is 1. The quantitative estimate of drug-likeness (QED) is 0.743. The summed E-state index contributed by atoms with van der Waals surface area (Å²) in [6, 6.07) is 3.00. The van der Waals surface area contributed by atoms with E-state index in [-0.39, 0.29) is 17.4 Å². The lowest BCUT2D eigenvalue weighted by Crippen LogP contribution is -2.37. The summed E-state index contributed by atoms with van der Waals surface area (Å²) in [5.41, 5.74) is 0.365. The van der Waals surface area contributed by atoms with E-state index in [4.69, 9.17) is 4.98 Å². The molecule has 1 aromatic carbocycles. The standard InChI is InChI=1S/C20H28BrFN4O/c1-3-6-18(25-10-5-7-23-8-11-25)19-24-17-13-16(22)15(21)12-14(17)20(27)26(19)9-4-2/h12-13,18,23H,3-11H2,1-2H3. The van der Waals surface area contributed by atoms with Crippen LogP contribution in [0.1, 0.15) is 51.4 Å². The number of halogens is 2. The first-order chi connectivity index (χ1) is 13.1. The van der Waals surface area contributed by atoms with E-state index in [9.17, 15) is 9.18 Å². The Bertz CT molecular complexity index is 846. The molecule has 1 aromatic heterocycles. The molecule has 1 saturated heterocycles. The topological polar surface area (TPSA) is 50.2 Å². The van der Waals surface area contributed by atoms with E-state index >= 15 is 0 Å². The first kappa shape index (κ1) is 20.4. The van der Waals surface area contributed by atoms with Gasteiger partial charge in [0.05, 0.1) is 21.4 Å². The Hall–Kier alpha value is -1.31. The average Bonchev–Trinajstić information content (AvgIpc) is 2.93. The van der Waals surface area contributed by atoms with Crippen LogP contribution in [0.5, 0.6) is 0 Å². The van der Waals surface area contributed by atoms with Crippen LogP contribution in [-0.2, 0) is 6.54 Å². The summed E-state index contributed by atoms with van der Waals surface area (Å²) in [6.07, 6.45) is 3.86. The normalized spacial score (nSPS) is 17.2. The third kappa shape index (κ3) is 4.41. The lowest BCUT2D eigenvalue weighted by molar-refractivity contribution is 0.185. The lowest BCUT2D eigenvalue weighted by atomic mass is 10.1. The van der Waals surface area contributed by atoms with E-state index in [1.165, 1.54) is 6.07 Å². The minimum Gasteiger partial charge on any atom is -0.315 e. The number of hydrogen-bond acceptors (Lipinski definition) is 4. The second-order valence-electron chi connectivity index (χ2n) is 7.15. The molecule has 1 N–H and O–H groups in total. The van der Waals surface area contributed by atoms with Crippen molar-refractivity contribution in [1.29, 1.82) is 0 Å². The number of nitrogens with zero attached hydrogens (tertiary/aromatic N) is 3. The van der Waals surface area contributed by atoms with Crippen LogP contribution < -0.4 is 10.9 Å². The monoisotopic (exact) mass is 438 g/mol. The van der Waals surface area contributed by atoms with Crippen molar-refractivity contribution < 1.29 is 4.39 Å². The van der Waals surface area contributed by atoms with Gasteiger partial charge in [0.2, 0.25) is 0 Å². The molecule has 2 heterocycles. The summed E-state index contributed by atoms with van der Waals surface area (Å²) < 4.78 is 16.2. The van der Waals surface area contributed by atoms with Crippen molar-refractivity contribution >= 4 is 26.8 Å². The van der Waals surface area contributed by atoms with Gasteiger partial charge in [0.1, 0.15) is 11.6 Å². The highest BCUT2D eigenvalue weighted by Gasteiger charge is 2.26. The summed E-state index contributed by atoms with van der Waals surface area (Å²) >= 11 is 3.19. The zero-order valence-electron chi connectivity index (χ0n) is 16.1. The summed E-state index contributed by atoms with van der Waals surface area (Å²) in [5.74, 6) is 0.388. The number of hydrogen-bond donors (Lipinski definition) is 1. The lowest BCUT2D eigenvalue weighted by Gasteiger charge is -2.31. The predicted molar refractivity (Wildman–Crippen MR) is 111 cm³/mol. The highest BCUT2D eigenvalue weighted by molar-refractivity contribution is 9.10. The van der Waals surface area contributed by atoms with Gasteiger partial charge < -0.3 is 5.32 Å². The minimum atomic E-state index is -0.389. The number of aromatic nitrogens is 2. The summed E-state index contributed by atoms with van der Waals surface area (Å²) in [6.45, 7) is 8.70. The highest BCUT2D eigenvalue weighted by Crippen LogP contribution is 2.27. The molecule has 1 fully saturated rings. The van der Waals surface area contributed by atoms with Crippen molar-refractivity contribution in [3.8, 4) is 0 Å². The molecule has 0 saturated carbocycles. The van der Waals surface area contributed by atoms with Crippen LogP contribution >= 0.6 is 15.9 Å². The van der Waals surface area contributed by atoms with Gasteiger partial charge in [-0.15, -0.1) is 0 Å². The van der Waals surface area contributed by atoms with Crippen molar-refractivity contribution in [1.82, 2.24) is 19.8 Å². The molecular formula is C20H28BrFN4O. The van der Waals surface area contributed by atoms with Crippen molar-refractivity contribution in [3.05, 3.63) is 38.6 Å². The van der Waals surface area contributed by atoms with Crippen LogP contribution in [0.3, 0.4) is 0 Å². The molecule has 1 atom stereocenters. The van der Waals surface area contributed by atoms with E-state index < -0.39 is 0 Å².